The van der Waals surface area contributed by atoms with Crippen LogP contribution in [0.25, 0.3) is 0 Å². The molecular weight excluding hydrogens is 210 g/mol. The fourth-order valence-electron chi connectivity index (χ4n) is 2.33. The summed E-state index contributed by atoms with van der Waals surface area (Å²) in [4.78, 5) is 2.43. The fraction of sp³-hybridized carbons (Fsp3) is 0.867. The molecule has 0 radical (unpaired) electrons. The molecule has 0 saturated carbocycles. The number of rotatable bonds is 1. The molecular formula is C15H29NO. The van der Waals surface area contributed by atoms with E-state index in [-0.39, 0.29) is 0 Å². The van der Waals surface area contributed by atoms with Gasteiger partial charge in [-0.1, -0.05) is 33.6 Å². The molecule has 2 fully saturated rings. The summed E-state index contributed by atoms with van der Waals surface area (Å²) in [7, 11) is 0. The van der Waals surface area contributed by atoms with Gasteiger partial charge in [0.15, 0.2) is 0 Å². The smallest absolute Gasteiger partial charge is 0.0601 e. The number of hydrogen-bond donors (Lipinski definition) is 0. The first-order valence-electron chi connectivity index (χ1n) is 7.04. The van der Waals surface area contributed by atoms with Crippen molar-refractivity contribution in [3.8, 4) is 11.8 Å². The maximum absolute atomic E-state index is 5.37. The van der Waals surface area contributed by atoms with Crippen molar-refractivity contribution in [2.45, 2.75) is 47.5 Å². The van der Waals surface area contributed by atoms with Gasteiger partial charge in [-0.05, 0) is 19.8 Å². The molecule has 0 amide bonds. The van der Waals surface area contributed by atoms with Gasteiger partial charge in [0, 0.05) is 31.7 Å². The minimum absolute atomic E-state index is 0.605. The number of nitrogens with zero attached hydrogens (tertiary/aromatic N) is 1. The molecule has 2 aliphatic rings. The van der Waals surface area contributed by atoms with E-state index in [1.165, 1.54) is 25.9 Å². The van der Waals surface area contributed by atoms with Gasteiger partial charge >= 0.3 is 0 Å². The maximum Gasteiger partial charge on any atom is 0.0601 e. The Hall–Kier alpha value is -0.520. The second kappa shape index (κ2) is 9.50. The summed E-state index contributed by atoms with van der Waals surface area (Å²) in [5.41, 5.74) is 0.605. The van der Waals surface area contributed by atoms with E-state index in [2.05, 4.69) is 16.7 Å². The highest BCUT2D eigenvalue weighted by Gasteiger charge is 2.43. The topological polar surface area (TPSA) is 12.5 Å². The third-order valence-electron chi connectivity index (χ3n) is 3.15. The molecule has 2 saturated heterocycles. The Morgan fingerprint density at radius 3 is 2.06 bits per heavy atom. The van der Waals surface area contributed by atoms with Crippen LogP contribution < -0.4 is 0 Å². The van der Waals surface area contributed by atoms with Crippen LogP contribution in [-0.2, 0) is 4.74 Å². The molecule has 0 atom stereocenters. The van der Waals surface area contributed by atoms with E-state index >= 15 is 0 Å². The molecule has 17 heavy (non-hydrogen) atoms. The molecule has 0 aromatic heterocycles. The Morgan fingerprint density at radius 1 is 1.06 bits per heavy atom. The van der Waals surface area contributed by atoms with Crippen LogP contribution in [0.1, 0.15) is 47.5 Å². The summed E-state index contributed by atoms with van der Waals surface area (Å²) in [6, 6.07) is 0. The lowest BCUT2D eigenvalue weighted by atomic mass is 9.73. The standard InChI is InChI=1S/C11H17NO.2C2H6/c1-2-3-6-12-9-11(10-12)4-7-13-8-5-11;2*1-2/h4-10H2,1H3;2*1-2H3. The summed E-state index contributed by atoms with van der Waals surface area (Å²) >= 11 is 0. The molecule has 0 aliphatic carbocycles. The normalized spacial score (nSPS) is 20.8. The van der Waals surface area contributed by atoms with Gasteiger partial charge < -0.3 is 4.74 Å². The van der Waals surface area contributed by atoms with E-state index in [4.69, 9.17) is 4.74 Å². The summed E-state index contributed by atoms with van der Waals surface area (Å²) < 4.78 is 5.37. The largest absolute Gasteiger partial charge is 0.381 e. The van der Waals surface area contributed by atoms with Gasteiger partial charge in [-0.25, -0.2) is 0 Å². The first-order valence-corrected chi connectivity index (χ1v) is 7.04. The number of ether oxygens (including phenoxy) is 1. The van der Waals surface area contributed by atoms with Crippen molar-refractivity contribution in [2.24, 2.45) is 5.41 Å². The summed E-state index contributed by atoms with van der Waals surface area (Å²) in [6.45, 7) is 15.3. The van der Waals surface area contributed by atoms with Gasteiger partial charge in [-0.3, -0.25) is 4.90 Å². The Kier molecular flexibility index (Phi) is 9.21. The van der Waals surface area contributed by atoms with E-state index in [1.54, 1.807) is 0 Å². The lowest BCUT2D eigenvalue weighted by Crippen LogP contribution is -2.58. The van der Waals surface area contributed by atoms with Crippen LogP contribution in [0.15, 0.2) is 0 Å². The van der Waals surface area contributed by atoms with E-state index < -0.39 is 0 Å². The van der Waals surface area contributed by atoms with Crippen molar-refractivity contribution >= 4 is 0 Å². The monoisotopic (exact) mass is 239 g/mol. The van der Waals surface area contributed by atoms with Gasteiger partial charge in [-0.2, -0.15) is 0 Å². The highest BCUT2D eigenvalue weighted by Crippen LogP contribution is 2.39. The summed E-state index contributed by atoms with van der Waals surface area (Å²) in [6.07, 6.45) is 2.51. The molecule has 2 aliphatic heterocycles. The van der Waals surface area contributed by atoms with Crippen LogP contribution in [0.2, 0.25) is 0 Å². The van der Waals surface area contributed by atoms with Gasteiger partial charge in [-0.15, -0.1) is 5.92 Å². The first kappa shape index (κ1) is 16.5. The summed E-state index contributed by atoms with van der Waals surface area (Å²) in [5, 5.41) is 0. The Morgan fingerprint density at radius 2 is 1.59 bits per heavy atom. The predicted octanol–water partition coefficient (Wildman–Crippen LogP) is 3.17. The molecule has 100 valence electrons. The molecule has 2 rings (SSSR count). The maximum atomic E-state index is 5.37. The minimum Gasteiger partial charge on any atom is -0.381 e. The van der Waals surface area contributed by atoms with Crippen LogP contribution in [0, 0.1) is 17.3 Å². The van der Waals surface area contributed by atoms with Crippen LogP contribution in [-0.4, -0.2) is 37.7 Å². The minimum atomic E-state index is 0.605. The van der Waals surface area contributed by atoms with Crippen molar-refractivity contribution in [3.05, 3.63) is 0 Å². The quantitative estimate of drug-likeness (QED) is 0.652. The molecule has 0 aromatic rings. The van der Waals surface area contributed by atoms with Crippen molar-refractivity contribution in [2.75, 3.05) is 32.8 Å². The van der Waals surface area contributed by atoms with Gasteiger partial charge in [0.2, 0.25) is 0 Å². The zero-order chi connectivity index (χ0) is 13.1. The van der Waals surface area contributed by atoms with Gasteiger partial charge in [0.05, 0.1) is 6.54 Å². The number of likely N-dealkylation sites (tertiary alicyclic amines) is 1. The Labute approximate surface area is 108 Å². The fourth-order valence-corrected chi connectivity index (χ4v) is 2.33. The average molecular weight is 239 g/mol. The molecule has 0 N–H and O–H groups in total. The summed E-state index contributed by atoms with van der Waals surface area (Å²) in [5.74, 6) is 6.06. The van der Waals surface area contributed by atoms with Crippen LogP contribution in [0.4, 0.5) is 0 Å². The van der Waals surface area contributed by atoms with Crippen LogP contribution in [0.5, 0.6) is 0 Å². The zero-order valence-electron chi connectivity index (χ0n) is 12.3. The lowest BCUT2D eigenvalue weighted by molar-refractivity contribution is -0.0750. The second-order valence-electron chi connectivity index (χ2n) is 4.18. The van der Waals surface area contributed by atoms with Gasteiger partial charge in [0.25, 0.3) is 0 Å². The number of hydrogen-bond acceptors (Lipinski definition) is 2. The van der Waals surface area contributed by atoms with Crippen molar-refractivity contribution < 1.29 is 4.74 Å². The average Bonchev–Trinajstić information content (AvgIpc) is 2.40. The molecule has 0 bridgehead atoms. The van der Waals surface area contributed by atoms with Crippen LogP contribution >= 0.6 is 0 Å². The van der Waals surface area contributed by atoms with Crippen molar-refractivity contribution in [1.82, 2.24) is 4.90 Å². The van der Waals surface area contributed by atoms with E-state index in [0.717, 1.165) is 19.8 Å². The predicted molar refractivity (Wildman–Crippen MR) is 75.1 cm³/mol. The second-order valence-corrected chi connectivity index (χ2v) is 4.18. The molecule has 2 heterocycles. The van der Waals surface area contributed by atoms with Crippen molar-refractivity contribution in [1.29, 1.82) is 0 Å². The molecule has 0 unspecified atom stereocenters. The van der Waals surface area contributed by atoms with Gasteiger partial charge in [0.1, 0.15) is 0 Å². The Balaban J connectivity index is 0.000000581. The lowest BCUT2D eigenvalue weighted by Gasteiger charge is -2.51. The van der Waals surface area contributed by atoms with E-state index in [9.17, 15) is 0 Å². The van der Waals surface area contributed by atoms with E-state index in [1.807, 2.05) is 34.6 Å². The van der Waals surface area contributed by atoms with Crippen molar-refractivity contribution in [3.63, 3.8) is 0 Å². The highest BCUT2D eigenvalue weighted by molar-refractivity contribution is 5.04. The molecule has 1 spiro atoms. The first-order chi connectivity index (χ1) is 8.35. The molecule has 2 nitrogen and oxygen atoms in total. The van der Waals surface area contributed by atoms with E-state index in [0.29, 0.717) is 5.41 Å². The third kappa shape index (κ3) is 5.10. The molecule has 0 aromatic carbocycles. The third-order valence-corrected chi connectivity index (χ3v) is 3.15. The molecule has 2 heteroatoms. The zero-order valence-corrected chi connectivity index (χ0v) is 12.3. The Bertz CT molecular complexity index is 225. The van der Waals surface area contributed by atoms with Crippen LogP contribution in [0.3, 0.4) is 0 Å². The SMILES string of the molecule is CC.CC.CC#CCN1CC2(CCOCC2)C1. The highest BCUT2D eigenvalue weighted by atomic mass is 16.5.